The predicted molar refractivity (Wildman–Crippen MR) is 118 cm³/mol. The highest BCUT2D eigenvalue weighted by Gasteiger charge is 2.55. The van der Waals surface area contributed by atoms with Gasteiger partial charge in [-0.1, -0.05) is 37.5 Å². The molecule has 1 spiro atoms. The minimum absolute atomic E-state index is 0.0299. The van der Waals surface area contributed by atoms with E-state index in [4.69, 9.17) is 0 Å². The number of carbonyl (C=O) groups excluding carboxylic acids is 4. The smallest absolute Gasteiger partial charge is 0.325 e. The Bertz CT molecular complexity index is 905. The lowest BCUT2D eigenvalue weighted by Crippen LogP contribution is -2.54. The first-order valence-corrected chi connectivity index (χ1v) is 10.8. The first kappa shape index (κ1) is 22.8. The molecule has 1 saturated carbocycles. The summed E-state index contributed by atoms with van der Waals surface area (Å²) < 4.78 is 0. The number of hydrogen-bond acceptors (Lipinski definition) is 4. The molecule has 8 heteroatoms. The Morgan fingerprint density at radius 3 is 2.45 bits per heavy atom. The van der Waals surface area contributed by atoms with Gasteiger partial charge in [-0.25, -0.2) is 4.79 Å². The van der Waals surface area contributed by atoms with E-state index in [-0.39, 0.29) is 30.8 Å². The molecule has 1 heterocycles. The minimum Gasteiger partial charge on any atom is -0.335 e. The number of likely N-dealkylation sites (N-methyl/N-ethyl adjacent to an activating group) is 1. The molecule has 8 nitrogen and oxygen atoms in total. The average molecular weight is 429 g/mol. The van der Waals surface area contributed by atoms with Gasteiger partial charge in [0, 0.05) is 12.7 Å². The highest BCUT2D eigenvalue weighted by molar-refractivity contribution is 6.09. The van der Waals surface area contributed by atoms with Crippen molar-refractivity contribution in [3.63, 3.8) is 0 Å². The number of rotatable bonds is 5. The molecule has 1 aromatic carbocycles. The Morgan fingerprint density at radius 1 is 1.19 bits per heavy atom. The van der Waals surface area contributed by atoms with E-state index < -0.39 is 17.5 Å². The van der Waals surface area contributed by atoms with Crippen LogP contribution in [0.4, 0.5) is 10.5 Å². The molecule has 0 radical (unpaired) electrons. The third kappa shape index (κ3) is 4.43. The lowest BCUT2D eigenvalue weighted by molar-refractivity contribution is -0.140. The molecular weight excluding hydrogens is 396 g/mol. The van der Waals surface area contributed by atoms with Crippen LogP contribution >= 0.6 is 0 Å². The van der Waals surface area contributed by atoms with Crippen LogP contribution in [-0.2, 0) is 14.4 Å². The number of hydrogen-bond donors (Lipinski definition) is 2. The molecule has 3 rings (SSSR count). The maximum atomic E-state index is 13.0. The molecule has 1 saturated heterocycles. The SMILES string of the molecule is Cc1cc(C)c(NC(=O)CN(C)C(=O)CN2C(=O)N[C@]3(CCCC[C@@H]3C)C2=O)c(C)c1. The van der Waals surface area contributed by atoms with Crippen LogP contribution in [-0.4, -0.2) is 59.2 Å². The summed E-state index contributed by atoms with van der Waals surface area (Å²) in [5.41, 5.74) is 2.85. The molecule has 0 unspecified atom stereocenters. The van der Waals surface area contributed by atoms with E-state index in [2.05, 4.69) is 10.6 Å². The summed E-state index contributed by atoms with van der Waals surface area (Å²) in [7, 11) is 1.49. The summed E-state index contributed by atoms with van der Waals surface area (Å²) in [4.78, 5) is 52.9. The zero-order valence-corrected chi connectivity index (χ0v) is 19.0. The molecule has 1 aliphatic heterocycles. The van der Waals surface area contributed by atoms with Crippen molar-refractivity contribution in [1.82, 2.24) is 15.1 Å². The van der Waals surface area contributed by atoms with Gasteiger partial charge in [-0.3, -0.25) is 19.3 Å². The highest BCUT2D eigenvalue weighted by atomic mass is 16.2. The number of amides is 5. The molecule has 0 aromatic heterocycles. The maximum absolute atomic E-state index is 13.0. The van der Waals surface area contributed by atoms with Crippen molar-refractivity contribution < 1.29 is 19.2 Å². The first-order chi connectivity index (χ1) is 14.5. The number of nitrogens with one attached hydrogen (secondary N) is 2. The number of carbonyl (C=O) groups is 4. The van der Waals surface area contributed by atoms with E-state index in [0.717, 1.165) is 46.5 Å². The molecule has 2 atom stereocenters. The fraction of sp³-hybridized carbons (Fsp3) is 0.565. The van der Waals surface area contributed by atoms with Crippen molar-refractivity contribution >= 4 is 29.4 Å². The third-order valence-electron chi connectivity index (χ3n) is 6.54. The number of anilines is 1. The van der Waals surface area contributed by atoms with Gasteiger partial charge in [0.15, 0.2) is 0 Å². The van der Waals surface area contributed by atoms with Crippen LogP contribution in [0.25, 0.3) is 0 Å². The van der Waals surface area contributed by atoms with Crippen LogP contribution in [0.2, 0.25) is 0 Å². The van der Waals surface area contributed by atoms with Gasteiger partial charge in [0.2, 0.25) is 11.8 Å². The summed E-state index contributed by atoms with van der Waals surface area (Å²) in [5, 5.41) is 5.70. The van der Waals surface area contributed by atoms with E-state index >= 15 is 0 Å². The normalized spacial score (nSPS) is 23.1. The summed E-state index contributed by atoms with van der Waals surface area (Å²) in [6, 6.07) is 3.43. The fourth-order valence-corrected chi connectivity index (χ4v) is 4.75. The monoisotopic (exact) mass is 428 g/mol. The van der Waals surface area contributed by atoms with Crippen molar-refractivity contribution in [3.8, 4) is 0 Å². The number of aryl methyl sites for hydroxylation is 3. The second-order valence-electron chi connectivity index (χ2n) is 9.01. The maximum Gasteiger partial charge on any atom is 0.325 e. The number of imide groups is 1. The summed E-state index contributed by atoms with van der Waals surface area (Å²) >= 11 is 0. The van der Waals surface area contributed by atoms with Gasteiger partial charge < -0.3 is 15.5 Å². The summed E-state index contributed by atoms with van der Waals surface area (Å²) in [6.45, 7) is 7.26. The Morgan fingerprint density at radius 2 is 1.84 bits per heavy atom. The molecule has 1 aromatic rings. The topological polar surface area (TPSA) is 98.8 Å². The van der Waals surface area contributed by atoms with Crippen LogP contribution in [0.1, 0.15) is 49.3 Å². The van der Waals surface area contributed by atoms with Crippen molar-refractivity contribution in [2.75, 3.05) is 25.5 Å². The van der Waals surface area contributed by atoms with Crippen molar-refractivity contribution in [1.29, 1.82) is 0 Å². The number of nitrogens with zero attached hydrogens (tertiary/aromatic N) is 2. The van der Waals surface area contributed by atoms with Crippen molar-refractivity contribution in [2.24, 2.45) is 5.92 Å². The Hall–Kier alpha value is -2.90. The molecule has 1 aliphatic carbocycles. The van der Waals surface area contributed by atoms with Gasteiger partial charge in [-0.2, -0.15) is 0 Å². The summed E-state index contributed by atoms with van der Waals surface area (Å²) in [5.74, 6) is -1.10. The van der Waals surface area contributed by atoms with Gasteiger partial charge in [0.25, 0.3) is 5.91 Å². The molecule has 2 fully saturated rings. The van der Waals surface area contributed by atoms with Crippen LogP contribution in [0.15, 0.2) is 12.1 Å². The van der Waals surface area contributed by atoms with Crippen LogP contribution in [0.3, 0.4) is 0 Å². The molecule has 0 bridgehead atoms. The van der Waals surface area contributed by atoms with Crippen molar-refractivity contribution in [3.05, 3.63) is 28.8 Å². The highest BCUT2D eigenvalue weighted by Crippen LogP contribution is 2.38. The van der Waals surface area contributed by atoms with Crippen LogP contribution < -0.4 is 10.6 Å². The van der Waals surface area contributed by atoms with E-state index in [1.54, 1.807) is 0 Å². The lowest BCUT2D eigenvalue weighted by Gasteiger charge is -2.36. The van der Waals surface area contributed by atoms with E-state index in [1.807, 2.05) is 39.8 Å². The standard InChI is InChI=1S/C23H32N4O4/c1-14-10-15(2)20(16(3)11-14)24-18(28)12-26(5)19(29)13-27-21(30)23(25-22(27)31)9-7-6-8-17(23)4/h10-11,17H,6-9,12-13H2,1-5H3,(H,24,28)(H,25,31)/t17-,23-/m0/s1. The Labute approximate surface area is 183 Å². The molecule has 31 heavy (non-hydrogen) atoms. The zero-order valence-electron chi connectivity index (χ0n) is 19.0. The van der Waals surface area contributed by atoms with E-state index in [1.165, 1.54) is 11.9 Å². The predicted octanol–water partition coefficient (Wildman–Crippen LogP) is 2.51. The van der Waals surface area contributed by atoms with E-state index in [0.29, 0.717) is 6.42 Å². The minimum atomic E-state index is -0.897. The van der Waals surface area contributed by atoms with Crippen LogP contribution in [0, 0.1) is 26.7 Å². The van der Waals surface area contributed by atoms with Crippen molar-refractivity contribution in [2.45, 2.75) is 58.9 Å². The second kappa shape index (κ2) is 8.69. The van der Waals surface area contributed by atoms with Gasteiger partial charge >= 0.3 is 6.03 Å². The quantitative estimate of drug-likeness (QED) is 0.704. The van der Waals surface area contributed by atoms with Gasteiger partial charge in [0.05, 0.1) is 6.54 Å². The van der Waals surface area contributed by atoms with Crippen LogP contribution in [0.5, 0.6) is 0 Å². The van der Waals surface area contributed by atoms with E-state index in [9.17, 15) is 19.2 Å². The molecule has 168 valence electrons. The zero-order chi connectivity index (χ0) is 22.9. The first-order valence-electron chi connectivity index (χ1n) is 10.8. The number of benzene rings is 1. The Kier molecular flexibility index (Phi) is 6.38. The molecule has 5 amide bonds. The molecular formula is C23H32N4O4. The average Bonchev–Trinajstić information content (AvgIpc) is 2.92. The largest absolute Gasteiger partial charge is 0.335 e. The van der Waals surface area contributed by atoms with Gasteiger partial charge in [-0.15, -0.1) is 0 Å². The summed E-state index contributed by atoms with van der Waals surface area (Å²) in [6.07, 6.45) is 3.36. The van der Waals surface area contributed by atoms with Gasteiger partial charge in [0.1, 0.15) is 12.1 Å². The molecule has 2 aliphatic rings. The Balaban J connectivity index is 1.61. The third-order valence-corrected chi connectivity index (χ3v) is 6.54. The lowest BCUT2D eigenvalue weighted by atomic mass is 9.73. The molecule has 2 N–H and O–H groups in total. The number of urea groups is 1. The second-order valence-corrected chi connectivity index (χ2v) is 9.01. The van der Waals surface area contributed by atoms with Gasteiger partial charge in [-0.05, 0) is 50.7 Å². The fourth-order valence-electron chi connectivity index (χ4n) is 4.75.